The summed E-state index contributed by atoms with van der Waals surface area (Å²) in [5.41, 5.74) is 1.79. The van der Waals surface area contributed by atoms with Crippen molar-refractivity contribution >= 4 is 11.9 Å². The monoisotopic (exact) mass is 292 g/mol. The molecule has 0 atom stereocenters. The average molecular weight is 292 g/mol. The van der Waals surface area contributed by atoms with Crippen LogP contribution >= 0.6 is 0 Å². The van der Waals surface area contributed by atoms with Crippen molar-refractivity contribution in [3.8, 4) is 0 Å². The van der Waals surface area contributed by atoms with Gasteiger partial charge in [0.15, 0.2) is 5.78 Å². The molecule has 0 aliphatic heterocycles. The lowest BCUT2D eigenvalue weighted by atomic mass is 10.1. The second-order valence-electron chi connectivity index (χ2n) is 6.04. The molecule has 0 aliphatic rings. The third-order valence-corrected chi connectivity index (χ3v) is 2.77. The number of aromatic nitrogens is 1. The standard InChI is InChI=1S/C16H24N2O3/c1-11-8-9-13(12(2)18-11)14(19)7-6-10-17-15(20)21-16(3,4)5/h8-9H,6-7,10H2,1-5H3,(H,17,20). The van der Waals surface area contributed by atoms with Gasteiger partial charge in [-0.15, -0.1) is 0 Å². The smallest absolute Gasteiger partial charge is 0.407 e. The number of rotatable bonds is 5. The maximum atomic E-state index is 12.1. The number of carbonyl (C=O) groups excluding carboxylic acids is 2. The van der Waals surface area contributed by atoms with Crippen molar-refractivity contribution in [1.82, 2.24) is 10.3 Å². The van der Waals surface area contributed by atoms with E-state index in [2.05, 4.69) is 10.3 Å². The number of ketones is 1. The summed E-state index contributed by atoms with van der Waals surface area (Å²) < 4.78 is 5.12. The zero-order chi connectivity index (χ0) is 16.0. The molecule has 5 nitrogen and oxygen atoms in total. The molecule has 0 unspecified atom stereocenters. The van der Waals surface area contributed by atoms with E-state index in [1.807, 2.05) is 40.7 Å². The summed E-state index contributed by atoms with van der Waals surface area (Å²) in [6.07, 6.45) is 0.496. The first-order valence-electron chi connectivity index (χ1n) is 7.13. The lowest BCUT2D eigenvalue weighted by Crippen LogP contribution is -2.33. The molecule has 0 saturated carbocycles. The minimum atomic E-state index is -0.509. The summed E-state index contributed by atoms with van der Waals surface area (Å²) in [6.45, 7) is 9.57. The number of nitrogens with one attached hydrogen (secondary N) is 1. The molecule has 1 aromatic heterocycles. The molecule has 0 aliphatic carbocycles. The molecule has 1 heterocycles. The Morgan fingerprint density at radius 3 is 2.48 bits per heavy atom. The third-order valence-electron chi connectivity index (χ3n) is 2.77. The number of aryl methyl sites for hydroxylation is 2. The lowest BCUT2D eigenvalue weighted by Gasteiger charge is -2.19. The van der Waals surface area contributed by atoms with E-state index in [1.54, 1.807) is 6.07 Å². The zero-order valence-electron chi connectivity index (χ0n) is 13.4. The van der Waals surface area contributed by atoms with Crippen LogP contribution in [0.2, 0.25) is 0 Å². The summed E-state index contributed by atoms with van der Waals surface area (Å²) in [4.78, 5) is 27.8. The topological polar surface area (TPSA) is 68.3 Å². The number of nitrogens with zero attached hydrogens (tertiary/aromatic N) is 1. The molecule has 0 fully saturated rings. The first-order chi connectivity index (χ1) is 9.69. The van der Waals surface area contributed by atoms with E-state index >= 15 is 0 Å². The number of hydrogen-bond donors (Lipinski definition) is 1. The summed E-state index contributed by atoms with van der Waals surface area (Å²) in [5.74, 6) is 0.0472. The van der Waals surface area contributed by atoms with Crippen LogP contribution < -0.4 is 5.32 Å². The molecule has 1 amide bonds. The van der Waals surface area contributed by atoms with Crippen molar-refractivity contribution in [2.75, 3.05) is 6.54 Å². The highest BCUT2D eigenvalue weighted by atomic mass is 16.6. The van der Waals surface area contributed by atoms with Crippen LogP contribution in [-0.2, 0) is 4.74 Å². The Kier molecular flexibility index (Phi) is 5.88. The molecule has 21 heavy (non-hydrogen) atoms. The van der Waals surface area contributed by atoms with Gasteiger partial charge in [0.1, 0.15) is 5.60 Å². The van der Waals surface area contributed by atoms with Crippen molar-refractivity contribution in [3.05, 3.63) is 29.1 Å². The summed E-state index contributed by atoms with van der Waals surface area (Å²) >= 11 is 0. The van der Waals surface area contributed by atoms with E-state index in [-0.39, 0.29) is 5.78 Å². The number of Topliss-reactive ketones (excluding diaryl/α,β-unsaturated/α-hetero) is 1. The summed E-state index contributed by atoms with van der Waals surface area (Å²) in [5, 5.41) is 2.64. The van der Waals surface area contributed by atoms with Gasteiger partial charge in [-0.25, -0.2) is 4.79 Å². The second-order valence-corrected chi connectivity index (χ2v) is 6.04. The van der Waals surface area contributed by atoms with Crippen LogP contribution in [0.3, 0.4) is 0 Å². The van der Waals surface area contributed by atoms with Gasteiger partial charge in [0.2, 0.25) is 0 Å². The molecule has 5 heteroatoms. The van der Waals surface area contributed by atoms with Gasteiger partial charge in [0.05, 0.1) is 0 Å². The number of pyridine rings is 1. The van der Waals surface area contributed by atoms with Gasteiger partial charge in [-0.2, -0.15) is 0 Å². The first kappa shape index (κ1) is 17.1. The van der Waals surface area contributed by atoms with E-state index in [4.69, 9.17) is 4.74 Å². The molecule has 1 N–H and O–H groups in total. The molecule has 0 bridgehead atoms. The Morgan fingerprint density at radius 2 is 1.90 bits per heavy atom. The van der Waals surface area contributed by atoms with Crippen molar-refractivity contribution in [2.45, 2.75) is 53.1 Å². The average Bonchev–Trinajstić information content (AvgIpc) is 2.32. The minimum Gasteiger partial charge on any atom is -0.444 e. The summed E-state index contributed by atoms with van der Waals surface area (Å²) in [7, 11) is 0. The van der Waals surface area contributed by atoms with Crippen molar-refractivity contribution in [2.24, 2.45) is 0 Å². The van der Waals surface area contributed by atoms with Crippen LogP contribution in [0.1, 0.15) is 55.4 Å². The Labute approximate surface area is 126 Å². The van der Waals surface area contributed by atoms with Gasteiger partial charge in [-0.1, -0.05) is 0 Å². The second kappa shape index (κ2) is 7.20. The lowest BCUT2D eigenvalue weighted by molar-refractivity contribution is 0.0525. The van der Waals surface area contributed by atoms with Crippen LogP contribution in [-0.4, -0.2) is 29.0 Å². The molecule has 0 spiro atoms. The van der Waals surface area contributed by atoms with E-state index < -0.39 is 11.7 Å². The fourth-order valence-corrected chi connectivity index (χ4v) is 1.87. The molecule has 1 rings (SSSR count). The Balaban J connectivity index is 2.36. The predicted molar refractivity (Wildman–Crippen MR) is 81.5 cm³/mol. The highest BCUT2D eigenvalue weighted by Crippen LogP contribution is 2.10. The Hall–Kier alpha value is -1.91. The highest BCUT2D eigenvalue weighted by Gasteiger charge is 2.16. The number of ether oxygens (including phenoxy) is 1. The third kappa shape index (κ3) is 6.38. The van der Waals surface area contributed by atoms with Crippen LogP contribution in [0.5, 0.6) is 0 Å². The van der Waals surface area contributed by atoms with Gasteiger partial charge >= 0.3 is 6.09 Å². The molecule has 116 valence electrons. The van der Waals surface area contributed by atoms with E-state index in [0.717, 1.165) is 11.4 Å². The maximum absolute atomic E-state index is 12.1. The van der Waals surface area contributed by atoms with Crippen LogP contribution in [0.15, 0.2) is 12.1 Å². The molecular formula is C16H24N2O3. The number of carbonyl (C=O) groups is 2. The fraction of sp³-hybridized carbons (Fsp3) is 0.562. The minimum absolute atomic E-state index is 0.0472. The van der Waals surface area contributed by atoms with Gasteiger partial charge in [0, 0.05) is 29.9 Å². The number of amides is 1. The molecular weight excluding hydrogens is 268 g/mol. The molecule has 0 radical (unpaired) electrons. The van der Waals surface area contributed by atoms with Crippen molar-refractivity contribution in [1.29, 1.82) is 0 Å². The molecule has 1 aromatic rings. The molecule has 0 saturated heterocycles. The van der Waals surface area contributed by atoms with Gasteiger partial charge in [-0.05, 0) is 53.2 Å². The fourth-order valence-electron chi connectivity index (χ4n) is 1.87. The molecule has 0 aromatic carbocycles. The maximum Gasteiger partial charge on any atom is 0.407 e. The van der Waals surface area contributed by atoms with Gasteiger partial charge < -0.3 is 10.1 Å². The van der Waals surface area contributed by atoms with Gasteiger partial charge in [0.25, 0.3) is 0 Å². The van der Waals surface area contributed by atoms with Gasteiger partial charge in [-0.3, -0.25) is 9.78 Å². The zero-order valence-corrected chi connectivity index (χ0v) is 13.4. The SMILES string of the molecule is Cc1ccc(C(=O)CCCNC(=O)OC(C)(C)C)c(C)n1. The largest absolute Gasteiger partial charge is 0.444 e. The number of hydrogen-bond acceptors (Lipinski definition) is 4. The quantitative estimate of drug-likeness (QED) is 0.668. The Bertz CT molecular complexity index is 519. The van der Waals surface area contributed by atoms with Crippen molar-refractivity contribution in [3.63, 3.8) is 0 Å². The summed E-state index contributed by atoms with van der Waals surface area (Å²) in [6, 6.07) is 3.64. The van der Waals surface area contributed by atoms with E-state index in [0.29, 0.717) is 24.9 Å². The Morgan fingerprint density at radius 1 is 1.24 bits per heavy atom. The number of alkyl carbamates (subject to hydrolysis) is 1. The van der Waals surface area contributed by atoms with Crippen LogP contribution in [0.25, 0.3) is 0 Å². The van der Waals surface area contributed by atoms with E-state index in [1.165, 1.54) is 0 Å². The normalized spacial score (nSPS) is 11.1. The van der Waals surface area contributed by atoms with E-state index in [9.17, 15) is 9.59 Å². The first-order valence-corrected chi connectivity index (χ1v) is 7.13. The van der Waals surface area contributed by atoms with Crippen LogP contribution in [0, 0.1) is 13.8 Å². The highest BCUT2D eigenvalue weighted by molar-refractivity contribution is 5.97. The predicted octanol–water partition coefficient (Wildman–Crippen LogP) is 3.19. The van der Waals surface area contributed by atoms with Crippen LogP contribution in [0.4, 0.5) is 4.79 Å². The van der Waals surface area contributed by atoms with Crippen molar-refractivity contribution < 1.29 is 14.3 Å².